The van der Waals surface area contributed by atoms with E-state index in [9.17, 15) is 19.7 Å². The van der Waals surface area contributed by atoms with Crippen molar-refractivity contribution in [3.05, 3.63) is 80.5 Å². The molecule has 1 N–H and O–H groups in total. The Morgan fingerprint density at radius 1 is 1.06 bits per heavy atom. The minimum atomic E-state index is -0.528. The molecule has 1 aromatic heterocycles. The normalized spacial score (nSPS) is 11.3. The average Bonchev–Trinajstić information content (AvgIpc) is 3.17. The van der Waals surface area contributed by atoms with E-state index >= 15 is 0 Å². The molecule has 0 unspecified atom stereocenters. The van der Waals surface area contributed by atoms with Crippen LogP contribution in [0.2, 0.25) is 0 Å². The molecule has 0 aliphatic heterocycles. The summed E-state index contributed by atoms with van der Waals surface area (Å²) in [5, 5.41) is 18.8. The van der Waals surface area contributed by atoms with Gasteiger partial charge in [0.25, 0.3) is 11.6 Å². The van der Waals surface area contributed by atoms with Gasteiger partial charge in [-0.05, 0) is 38.5 Å². The number of rotatable bonds is 6. The number of likely N-dealkylation sites (N-methyl/N-ethyl adjacent to an activating group) is 1. The van der Waals surface area contributed by atoms with Gasteiger partial charge in [-0.3, -0.25) is 19.7 Å². The predicted molar refractivity (Wildman–Crippen MR) is 135 cm³/mol. The molecule has 9 heteroatoms. The Kier molecular flexibility index (Phi) is 7.09. The minimum absolute atomic E-state index is 0.138. The fourth-order valence-electron chi connectivity index (χ4n) is 3.69. The maximum absolute atomic E-state index is 12.9. The van der Waals surface area contributed by atoms with Crippen molar-refractivity contribution < 1.29 is 14.5 Å². The SMILES string of the molecule is Cc1ccc(-n2nc(C(C)(C)C)cc2NC(=O)CN(C)C(=O)c2ccc(C)c([N+](=O)[O-])c2)c(C)c1. The third-order valence-electron chi connectivity index (χ3n) is 5.71. The predicted octanol–water partition coefficient (Wildman–Crippen LogP) is 4.71. The lowest BCUT2D eigenvalue weighted by molar-refractivity contribution is -0.385. The second-order valence-corrected chi connectivity index (χ2v) is 9.83. The van der Waals surface area contributed by atoms with Gasteiger partial charge in [-0.15, -0.1) is 0 Å². The van der Waals surface area contributed by atoms with Crippen LogP contribution in [0.15, 0.2) is 42.5 Å². The summed E-state index contributed by atoms with van der Waals surface area (Å²) in [5.41, 5.74) is 4.02. The van der Waals surface area contributed by atoms with Crippen molar-refractivity contribution in [3.63, 3.8) is 0 Å². The van der Waals surface area contributed by atoms with E-state index in [-0.39, 0.29) is 23.2 Å². The van der Waals surface area contributed by atoms with Crippen molar-refractivity contribution in [2.24, 2.45) is 0 Å². The Bertz CT molecular complexity index is 1300. The standard InChI is InChI=1S/C26H31N5O4/c1-16-8-11-20(18(3)12-16)30-23(14-22(28-30)26(4,5)6)27-24(32)15-29(7)25(33)19-10-9-17(2)21(13-19)31(34)35/h8-14H,15H2,1-7H3,(H,27,32). The van der Waals surface area contributed by atoms with Gasteiger partial charge in [-0.2, -0.15) is 5.10 Å². The van der Waals surface area contributed by atoms with Gasteiger partial charge in [0.05, 0.1) is 22.8 Å². The van der Waals surface area contributed by atoms with Crippen molar-refractivity contribution in [1.82, 2.24) is 14.7 Å². The Balaban J connectivity index is 1.84. The van der Waals surface area contributed by atoms with Crippen LogP contribution in [0.5, 0.6) is 0 Å². The Hall–Kier alpha value is -4.01. The summed E-state index contributed by atoms with van der Waals surface area (Å²) < 4.78 is 1.71. The van der Waals surface area contributed by atoms with E-state index in [1.165, 1.54) is 30.1 Å². The van der Waals surface area contributed by atoms with Crippen LogP contribution in [0.25, 0.3) is 5.69 Å². The number of carbonyl (C=O) groups excluding carboxylic acids is 2. The number of aryl methyl sites for hydroxylation is 3. The van der Waals surface area contributed by atoms with Crippen LogP contribution >= 0.6 is 0 Å². The van der Waals surface area contributed by atoms with Gasteiger partial charge >= 0.3 is 0 Å². The second kappa shape index (κ2) is 9.69. The summed E-state index contributed by atoms with van der Waals surface area (Å²) in [5.74, 6) is -0.394. The first kappa shape index (κ1) is 25.6. The van der Waals surface area contributed by atoms with E-state index in [1.54, 1.807) is 11.6 Å². The first-order valence-corrected chi connectivity index (χ1v) is 11.3. The number of aromatic nitrogens is 2. The molecule has 2 amide bonds. The minimum Gasteiger partial charge on any atom is -0.332 e. The molecular weight excluding hydrogens is 446 g/mol. The Labute approximate surface area is 204 Å². The molecule has 0 aliphatic carbocycles. The van der Waals surface area contributed by atoms with E-state index in [0.717, 1.165) is 22.5 Å². The van der Waals surface area contributed by atoms with Crippen molar-refractivity contribution in [3.8, 4) is 5.69 Å². The first-order valence-electron chi connectivity index (χ1n) is 11.3. The number of anilines is 1. The Morgan fingerprint density at radius 2 is 1.74 bits per heavy atom. The van der Waals surface area contributed by atoms with Gasteiger partial charge in [0.15, 0.2) is 0 Å². The topological polar surface area (TPSA) is 110 Å². The zero-order valence-corrected chi connectivity index (χ0v) is 21.2. The lowest BCUT2D eigenvalue weighted by atomic mass is 9.92. The monoisotopic (exact) mass is 477 g/mol. The zero-order chi connectivity index (χ0) is 26.1. The summed E-state index contributed by atoms with van der Waals surface area (Å²) in [6, 6.07) is 12.1. The maximum Gasteiger partial charge on any atom is 0.273 e. The van der Waals surface area contributed by atoms with Gasteiger partial charge < -0.3 is 10.2 Å². The Morgan fingerprint density at radius 3 is 2.34 bits per heavy atom. The van der Waals surface area contributed by atoms with Crippen LogP contribution in [-0.4, -0.2) is 45.0 Å². The molecule has 0 atom stereocenters. The molecule has 0 fully saturated rings. The second-order valence-electron chi connectivity index (χ2n) is 9.83. The number of carbonyl (C=O) groups is 2. The summed E-state index contributed by atoms with van der Waals surface area (Å²) in [7, 11) is 1.48. The van der Waals surface area contributed by atoms with E-state index in [4.69, 9.17) is 5.10 Å². The van der Waals surface area contributed by atoms with Gasteiger partial charge in [-0.25, -0.2) is 4.68 Å². The third-order valence-corrected chi connectivity index (χ3v) is 5.71. The smallest absolute Gasteiger partial charge is 0.273 e. The fraction of sp³-hybridized carbons (Fsp3) is 0.346. The highest BCUT2D eigenvalue weighted by molar-refractivity contribution is 5.99. The number of nitro groups is 1. The van der Waals surface area contributed by atoms with E-state index in [1.807, 2.05) is 58.9 Å². The highest BCUT2D eigenvalue weighted by Gasteiger charge is 2.24. The van der Waals surface area contributed by atoms with Crippen LogP contribution in [0, 0.1) is 30.9 Å². The molecular formula is C26H31N5O4. The largest absolute Gasteiger partial charge is 0.332 e. The zero-order valence-electron chi connectivity index (χ0n) is 21.2. The van der Waals surface area contributed by atoms with Crippen molar-refractivity contribution in [1.29, 1.82) is 0 Å². The quantitative estimate of drug-likeness (QED) is 0.408. The van der Waals surface area contributed by atoms with E-state index in [2.05, 4.69) is 5.32 Å². The fourth-order valence-corrected chi connectivity index (χ4v) is 3.69. The van der Waals surface area contributed by atoms with Crippen LogP contribution < -0.4 is 5.32 Å². The van der Waals surface area contributed by atoms with Crippen LogP contribution in [-0.2, 0) is 10.2 Å². The number of nitro benzene ring substituents is 1. The van der Waals surface area contributed by atoms with Gasteiger partial charge in [-0.1, -0.05) is 44.5 Å². The molecule has 184 valence electrons. The molecule has 1 heterocycles. The third kappa shape index (κ3) is 5.74. The van der Waals surface area contributed by atoms with Gasteiger partial charge in [0.2, 0.25) is 5.91 Å². The molecule has 9 nitrogen and oxygen atoms in total. The van der Waals surface area contributed by atoms with Gasteiger partial charge in [0.1, 0.15) is 5.82 Å². The number of nitrogens with one attached hydrogen (secondary N) is 1. The molecule has 35 heavy (non-hydrogen) atoms. The lowest BCUT2D eigenvalue weighted by Gasteiger charge is -2.17. The highest BCUT2D eigenvalue weighted by Crippen LogP contribution is 2.28. The summed E-state index contributed by atoms with van der Waals surface area (Å²) in [6.45, 7) is 11.5. The van der Waals surface area contributed by atoms with Crippen molar-refractivity contribution in [2.75, 3.05) is 18.9 Å². The molecule has 3 rings (SSSR count). The molecule has 0 saturated heterocycles. The molecule has 0 bridgehead atoms. The lowest BCUT2D eigenvalue weighted by Crippen LogP contribution is -2.35. The number of nitrogens with zero attached hydrogens (tertiary/aromatic N) is 4. The van der Waals surface area contributed by atoms with Crippen molar-refractivity contribution >= 4 is 23.3 Å². The summed E-state index contributed by atoms with van der Waals surface area (Å²) in [6.07, 6.45) is 0. The molecule has 0 spiro atoms. The molecule has 0 saturated carbocycles. The van der Waals surface area contributed by atoms with Crippen LogP contribution in [0.4, 0.5) is 11.5 Å². The highest BCUT2D eigenvalue weighted by atomic mass is 16.6. The number of hydrogen-bond acceptors (Lipinski definition) is 5. The summed E-state index contributed by atoms with van der Waals surface area (Å²) >= 11 is 0. The van der Waals surface area contributed by atoms with E-state index < -0.39 is 16.7 Å². The number of hydrogen-bond donors (Lipinski definition) is 1. The maximum atomic E-state index is 12.9. The van der Waals surface area contributed by atoms with E-state index in [0.29, 0.717) is 11.4 Å². The molecule has 0 aliphatic rings. The van der Waals surface area contributed by atoms with Crippen molar-refractivity contribution in [2.45, 2.75) is 47.0 Å². The van der Waals surface area contributed by atoms with Crippen LogP contribution in [0.3, 0.4) is 0 Å². The molecule has 2 aromatic carbocycles. The number of amides is 2. The molecule has 3 aromatic rings. The summed E-state index contributed by atoms with van der Waals surface area (Å²) in [4.78, 5) is 37.7. The first-order chi connectivity index (χ1) is 16.3. The molecule has 0 radical (unpaired) electrons. The van der Waals surface area contributed by atoms with Crippen LogP contribution in [0.1, 0.15) is 53.5 Å². The average molecular weight is 478 g/mol. The van der Waals surface area contributed by atoms with Gasteiger partial charge in [0, 0.05) is 35.7 Å². The number of benzene rings is 2.